The minimum absolute atomic E-state index is 0.212. The molecule has 2 aromatic rings. The van der Waals surface area contributed by atoms with Crippen LogP contribution < -0.4 is 5.32 Å². The standard InChI is InChI=1S/C22H26N2O4S/c1-3-22(4-2)19(25)24(21(26)23-15-17-11-7-5-8-12-17)20(22)29(27,28)16-18-13-9-6-10-14-18/h5-14,20H,3-4,15-16H2,1-2H3,(H,23,26). The van der Waals surface area contributed by atoms with Crippen molar-refractivity contribution in [1.29, 1.82) is 0 Å². The molecule has 1 atom stereocenters. The molecule has 3 rings (SSSR count). The summed E-state index contributed by atoms with van der Waals surface area (Å²) < 4.78 is 26.6. The maximum atomic E-state index is 13.3. The summed E-state index contributed by atoms with van der Waals surface area (Å²) in [6, 6.07) is 17.4. The second-order valence-corrected chi connectivity index (χ2v) is 9.39. The van der Waals surface area contributed by atoms with Crippen LogP contribution in [0.5, 0.6) is 0 Å². The molecule has 1 saturated heterocycles. The molecule has 1 unspecified atom stereocenters. The van der Waals surface area contributed by atoms with Crippen LogP contribution in [-0.4, -0.2) is 30.6 Å². The van der Waals surface area contributed by atoms with Gasteiger partial charge in [0.05, 0.1) is 11.2 Å². The Morgan fingerprint density at radius 3 is 2.00 bits per heavy atom. The minimum atomic E-state index is -3.77. The van der Waals surface area contributed by atoms with E-state index in [4.69, 9.17) is 0 Å². The lowest BCUT2D eigenvalue weighted by Gasteiger charge is -2.53. The topological polar surface area (TPSA) is 83.6 Å². The van der Waals surface area contributed by atoms with Gasteiger partial charge in [-0.15, -0.1) is 0 Å². The highest BCUT2D eigenvalue weighted by atomic mass is 32.2. The van der Waals surface area contributed by atoms with Gasteiger partial charge in [0, 0.05) is 6.54 Å². The molecule has 0 aliphatic carbocycles. The summed E-state index contributed by atoms with van der Waals surface area (Å²) in [7, 11) is -3.77. The van der Waals surface area contributed by atoms with Crippen molar-refractivity contribution in [2.45, 2.75) is 44.4 Å². The van der Waals surface area contributed by atoms with Gasteiger partial charge in [0.25, 0.3) is 0 Å². The van der Waals surface area contributed by atoms with Crippen LogP contribution in [0.25, 0.3) is 0 Å². The third-order valence-corrected chi connectivity index (χ3v) is 7.75. The van der Waals surface area contributed by atoms with Crippen LogP contribution in [-0.2, 0) is 26.9 Å². The normalized spacial score (nSPS) is 18.2. The highest BCUT2D eigenvalue weighted by molar-refractivity contribution is 7.91. The SMILES string of the molecule is CCC1(CC)C(=O)N(C(=O)NCc2ccccc2)C1S(=O)(=O)Cc1ccccc1. The van der Waals surface area contributed by atoms with Crippen LogP contribution in [0, 0.1) is 5.41 Å². The van der Waals surface area contributed by atoms with Crippen molar-refractivity contribution in [2.24, 2.45) is 5.41 Å². The Kier molecular flexibility index (Phi) is 6.07. The summed E-state index contributed by atoms with van der Waals surface area (Å²) in [5.74, 6) is -0.634. The highest BCUT2D eigenvalue weighted by Crippen LogP contribution is 2.48. The first-order valence-electron chi connectivity index (χ1n) is 9.76. The molecular formula is C22H26N2O4S. The van der Waals surface area contributed by atoms with Crippen molar-refractivity contribution in [3.8, 4) is 0 Å². The Morgan fingerprint density at radius 2 is 1.48 bits per heavy atom. The summed E-state index contributed by atoms with van der Waals surface area (Å²) in [5, 5.41) is 1.53. The van der Waals surface area contributed by atoms with Crippen LogP contribution in [0.1, 0.15) is 37.8 Å². The number of carbonyl (C=O) groups is 2. The second-order valence-electron chi connectivity index (χ2n) is 7.33. The van der Waals surface area contributed by atoms with Gasteiger partial charge in [-0.25, -0.2) is 18.1 Å². The number of carbonyl (C=O) groups excluding carboxylic acids is 2. The summed E-state index contributed by atoms with van der Waals surface area (Å²) in [6.45, 7) is 3.82. The molecule has 0 spiro atoms. The van der Waals surface area contributed by atoms with Gasteiger partial charge in [-0.3, -0.25) is 4.79 Å². The molecule has 3 amide bonds. The number of nitrogens with zero attached hydrogens (tertiary/aromatic N) is 1. The molecule has 29 heavy (non-hydrogen) atoms. The number of urea groups is 1. The molecule has 1 heterocycles. The monoisotopic (exact) mass is 414 g/mol. The van der Waals surface area contributed by atoms with E-state index in [1.807, 2.05) is 36.4 Å². The first-order valence-corrected chi connectivity index (χ1v) is 11.5. The summed E-state index contributed by atoms with van der Waals surface area (Å²) in [6.07, 6.45) is 0.729. The largest absolute Gasteiger partial charge is 0.334 e. The molecular weight excluding hydrogens is 388 g/mol. The predicted molar refractivity (Wildman–Crippen MR) is 111 cm³/mol. The molecule has 1 N–H and O–H groups in total. The lowest BCUT2D eigenvalue weighted by molar-refractivity contribution is -0.158. The Labute approximate surface area is 171 Å². The van der Waals surface area contributed by atoms with E-state index in [1.54, 1.807) is 38.1 Å². The number of hydrogen-bond acceptors (Lipinski definition) is 4. The van der Waals surface area contributed by atoms with Crippen molar-refractivity contribution < 1.29 is 18.0 Å². The van der Waals surface area contributed by atoms with Crippen molar-refractivity contribution in [2.75, 3.05) is 0 Å². The molecule has 0 bridgehead atoms. The Balaban J connectivity index is 1.85. The molecule has 1 fully saturated rings. The third kappa shape index (κ3) is 3.92. The van der Waals surface area contributed by atoms with E-state index in [2.05, 4.69) is 5.32 Å². The lowest BCUT2D eigenvalue weighted by atomic mass is 9.74. The number of nitrogens with one attached hydrogen (secondary N) is 1. The average Bonchev–Trinajstić information content (AvgIpc) is 2.72. The summed E-state index contributed by atoms with van der Waals surface area (Å²) >= 11 is 0. The molecule has 0 saturated carbocycles. The van der Waals surface area contributed by atoms with Gasteiger partial charge in [-0.2, -0.15) is 0 Å². The number of β-lactam (4-membered cyclic amide) rings is 1. The summed E-state index contributed by atoms with van der Waals surface area (Å²) in [5.41, 5.74) is 0.449. The van der Waals surface area contributed by atoms with E-state index in [0.29, 0.717) is 18.4 Å². The van der Waals surface area contributed by atoms with Crippen molar-refractivity contribution in [1.82, 2.24) is 10.2 Å². The molecule has 7 heteroatoms. The third-order valence-electron chi connectivity index (χ3n) is 5.67. The maximum Gasteiger partial charge on any atom is 0.325 e. The number of hydrogen-bond donors (Lipinski definition) is 1. The van der Waals surface area contributed by atoms with Crippen LogP contribution >= 0.6 is 0 Å². The van der Waals surface area contributed by atoms with Gasteiger partial charge in [0.1, 0.15) is 0 Å². The van der Waals surface area contributed by atoms with Crippen molar-refractivity contribution in [3.63, 3.8) is 0 Å². The van der Waals surface area contributed by atoms with E-state index in [1.165, 1.54) is 0 Å². The average molecular weight is 415 g/mol. The van der Waals surface area contributed by atoms with Gasteiger partial charge < -0.3 is 5.32 Å². The maximum absolute atomic E-state index is 13.3. The lowest BCUT2D eigenvalue weighted by Crippen LogP contribution is -2.74. The zero-order valence-electron chi connectivity index (χ0n) is 16.7. The molecule has 0 aromatic heterocycles. The quantitative estimate of drug-likeness (QED) is 0.703. The van der Waals surface area contributed by atoms with Crippen LogP contribution in [0.2, 0.25) is 0 Å². The smallest absolute Gasteiger partial charge is 0.325 e. The molecule has 6 nitrogen and oxygen atoms in total. The molecule has 0 radical (unpaired) electrons. The zero-order valence-corrected chi connectivity index (χ0v) is 17.5. The number of amides is 3. The molecule has 2 aromatic carbocycles. The number of benzene rings is 2. The number of likely N-dealkylation sites (tertiary alicyclic amines) is 1. The van der Waals surface area contributed by atoms with Crippen LogP contribution in [0.3, 0.4) is 0 Å². The number of sulfone groups is 1. The fourth-order valence-corrected chi connectivity index (χ4v) is 6.43. The Morgan fingerprint density at radius 1 is 0.966 bits per heavy atom. The van der Waals surface area contributed by atoms with Gasteiger partial charge >= 0.3 is 6.03 Å². The number of imide groups is 1. The fraction of sp³-hybridized carbons (Fsp3) is 0.364. The highest BCUT2D eigenvalue weighted by Gasteiger charge is 2.65. The Hall–Kier alpha value is -2.67. The van der Waals surface area contributed by atoms with Gasteiger partial charge in [0.15, 0.2) is 15.2 Å². The van der Waals surface area contributed by atoms with Gasteiger partial charge in [0.2, 0.25) is 5.91 Å². The van der Waals surface area contributed by atoms with Crippen LogP contribution in [0.15, 0.2) is 60.7 Å². The van der Waals surface area contributed by atoms with E-state index in [0.717, 1.165) is 10.5 Å². The van der Waals surface area contributed by atoms with Crippen molar-refractivity contribution >= 4 is 21.8 Å². The Bertz CT molecular complexity index is 970. The first-order chi connectivity index (χ1) is 13.9. The van der Waals surface area contributed by atoms with E-state index in [-0.39, 0.29) is 12.3 Å². The van der Waals surface area contributed by atoms with E-state index in [9.17, 15) is 18.0 Å². The zero-order chi connectivity index (χ0) is 21.1. The predicted octanol–water partition coefficient (Wildman–Crippen LogP) is 3.49. The van der Waals surface area contributed by atoms with Gasteiger partial charge in [-0.1, -0.05) is 74.5 Å². The molecule has 1 aliphatic rings. The van der Waals surface area contributed by atoms with Crippen molar-refractivity contribution in [3.05, 3.63) is 71.8 Å². The van der Waals surface area contributed by atoms with Crippen LogP contribution in [0.4, 0.5) is 4.79 Å². The molecule has 1 aliphatic heterocycles. The fourth-order valence-electron chi connectivity index (χ4n) is 3.98. The second kappa shape index (κ2) is 8.37. The molecule has 154 valence electrons. The van der Waals surface area contributed by atoms with Gasteiger partial charge in [-0.05, 0) is 24.0 Å². The minimum Gasteiger partial charge on any atom is -0.334 e. The first kappa shape index (κ1) is 21.0. The van der Waals surface area contributed by atoms with E-state index >= 15 is 0 Å². The number of rotatable bonds is 7. The van der Waals surface area contributed by atoms with E-state index < -0.39 is 32.6 Å². The summed E-state index contributed by atoms with van der Waals surface area (Å²) in [4.78, 5) is 26.6.